The Bertz CT molecular complexity index is 89.7. The molecular weight excluding hydrogens is 209 g/mol. The van der Waals surface area contributed by atoms with Gasteiger partial charge < -0.3 is 10.0 Å². The molecule has 0 bridgehead atoms. The van der Waals surface area contributed by atoms with Crippen LogP contribution >= 0.6 is 23.2 Å². The maximum atomic E-state index is 8.40. The lowest BCUT2D eigenvalue weighted by Gasteiger charge is -2.10. The molecule has 0 spiro atoms. The van der Waals surface area contributed by atoms with Gasteiger partial charge in [-0.05, 0) is 26.6 Å². The standard InChI is InChI=1S/C6H15N.C3H6Cl2O/c1-4-6-7(3)5-2;4-1-3(6)2-5/h4-6H2,1-3H3;3,6H,1-2H2. The molecule has 0 aliphatic carbocycles. The van der Waals surface area contributed by atoms with Gasteiger partial charge in [0.05, 0.1) is 6.10 Å². The van der Waals surface area contributed by atoms with E-state index in [2.05, 4.69) is 25.8 Å². The first kappa shape index (κ1) is 15.9. The third-order valence-corrected chi connectivity index (χ3v) is 2.21. The van der Waals surface area contributed by atoms with Gasteiger partial charge in [0.2, 0.25) is 0 Å². The third-order valence-electron chi connectivity index (χ3n) is 1.50. The van der Waals surface area contributed by atoms with E-state index in [4.69, 9.17) is 28.3 Å². The van der Waals surface area contributed by atoms with E-state index < -0.39 is 6.10 Å². The van der Waals surface area contributed by atoms with Gasteiger partial charge in [-0.2, -0.15) is 0 Å². The largest absolute Gasteiger partial charge is 0.391 e. The van der Waals surface area contributed by atoms with Crippen LogP contribution in [0.2, 0.25) is 0 Å². The Morgan fingerprint density at radius 1 is 1.23 bits per heavy atom. The smallest absolute Gasteiger partial charge is 0.0810 e. The molecule has 0 fully saturated rings. The number of alkyl halides is 2. The van der Waals surface area contributed by atoms with E-state index in [0.717, 1.165) is 0 Å². The summed E-state index contributed by atoms with van der Waals surface area (Å²) in [5, 5.41) is 8.40. The average molecular weight is 230 g/mol. The SMILES string of the molecule is CCCN(C)CC.OC(CCl)CCl. The van der Waals surface area contributed by atoms with Crippen molar-refractivity contribution in [3.8, 4) is 0 Å². The van der Waals surface area contributed by atoms with Crippen molar-refractivity contribution >= 4 is 23.2 Å². The molecule has 0 aromatic rings. The van der Waals surface area contributed by atoms with Crippen LogP contribution in [0.1, 0.15) is 20.3 Å². The van der Waals surface area contributed by atoms with Gasteiger partial charge in [-0.1, -0.05) is 13.8 Å². The van der Waals surface area contributed by atoms with E-state index in [-0.39, 0.29) is 11.8 Å². The zero-order valence-corrected chi connectivity index (χ0v) is 10.3. The Labute approximate surface area is 91.8 Å². The van der Waals surface area contributed by atoms with Gasteiger partial charge in [-0.25, -0.2) is 0 Å². The first-order chi connectivity index (χ1) is 6.12. The van der Waals surface area contributed by atoms with Crippen LogP contribution in [0.25, 0.3) is 0 Å². The van der Waals surface area contributed by atoms with Crippen LogP contribution in [0.15, 0.2) is 0 Å². The van der Waals surface area contributed by atoms with E-state index >= 15 is 0 Å². The molecule has 0 saturated heterocycles. The maximum Gasteiger partial charge on any atom is 0.0810 e. The molecule has 0 atom stereocenters. The molecule has 4 heteroatoms. The molecule has 0 aromatic carbocycles. The molecule has 0 aromatic heterocycles. The molecule has 0 aliphatic heterocycles. The molecule has 0 radical (unpaired) electrons. The highest BCUT2D eigenvalue weighted by Crippen LogP contribution is 1.88. The summed E-state index contributed by atoms with van der Waals surface area (Å²) in [4.78, 5) is 2.31. The summed E-state index contributed by atoms with van der Waals surface area (Å²) < 4.78 is 0. The van der Waals surface area contributed by atoms with E-state index in [9.17, 15) is 0 Å². The summed E-state index contributed by atoms with van der Waals surface area (Å²) in [7, 11) is 2.14. The van der Waals surface area contributed by atoms with Gasteiger partial charge in [0.25, 0.3) is 0 Å². The molecule has 82 valence electrons. The Morgan fingerprint density at radius 2 is 1.69 bits per heavy atom. The molecule has 2 nitrogen and oxygen atoms in total. The molecule has 0 amide bonds. The summed E-state index contributed by atoms with van der Waals surface area (Å²) in [5.41, 5.74) is 0. The molecule has 0 heterocycles. The van der Waals surface area contributed by atoms with Crippen molar-refractivity contribution in [3.05, 3.63) is 0 Å². The van der Waals surface area contributed by atoms with E-state index in [1.807, 2.05) is 0 Å². The lowest BCUT2D eigenvalue weighted by atomic mass is 10.4. The second-order valence-corrected chi connectivity index (χ2v) is 3.48. The minimum Gasteiger partial charge on any atom is -0.391 e. The highest BCUT2D eigenvalue weighted by Gasteiger charge is 1.94. The second kappa shape index (κ2) is 12.5. The molecule has 1 N–H and O–H groups in total. The average Bonchev–Trinajstić information content (AvgIpc) is 2.18. The minimum atomic E-state index is -0.534. The van der Waals surface area contributed by atoms with Crippen molar-refractivity contribution in [2.24, 2.45) is 0 Å². The Morgan fingerprint density at radius 3 is 1.77 bits per heavy atom. The zero-order chi connectivity index (χ0) is 10.7. The number of halogens is 2. The highest BCUT2D eigenvalue weighted by molar-refractivity contribution is 6.21. The quantitative estimate of drug-likeness (QED) is 0.732. The fourth-order valence-corrected chi connectivity index (χ4v) is 0.911. The van der Waals surface area contributed by atoms with Crippen molar-refractivity contribution in [1.29, 1.82) is 0 Å². The third kappa shape index (κ3) is 15.3. The maximum absolute atomic E-state index is 8.40. The van der Waals surface area contributed by atoms with E-state index in [0.29, 0.717) is 0 Å². The summed E-state index contributed by atoms with van der Waals surface area (Å²) in [6.45, 7) is 6.78. The van der Waals surface area contributed by atoms with Crippen LogP contribution in [0.3, 0.4) is 0 Å². The van der Waals surface area contributed by atoms with Crippen LogP contribution in [0, 0.1) is 0 Å². The van der Waals surface area contributed by atoms with Crippen LogP contribution in [0.5, 0.6) is 0 Å². The fourth-order valence-electron chi connectivity index (χ4n) is 0.581. The predicted molar refractivity (Wildman–Crippen MR) is 60.9 cm³/mol. The normalized spacial score (nSPS) is 10.2. The minimum absolute atomic E-state index is 0.226. The molecule has 0 aliphatic rings. The summed E-state index contributed by atoms with van der Waals surface area (Å²) in [6, 6.07) is 0. The molecule has 0 saturated carbocycles. The van der Waals surface area contributed by atoms with E-state index in [1.165, 1.54) is 19.5 Å². The van der Waals surface area contributed by atoms with Crippen molar-refractivity contribution in [2.75, 3.05) is 31.9 Å². The number of aliphatic hydroxyl groups excluding tert-OH is 1. The van der Waals surface area contributed by atoms with Gasteiger partial charge in [0.1, 0.15) is 0 Å². The molecular formula is C9H21Cl2NO. The lowest BCUT2D eigenvalue weighted by molar-refractivity contribution is 0.222. The van der Waals surface area contributed by atoms with Crippen molar-refractivity contribution < 1.29 is 5.11 Å². The van der Waals surface area contributed by atoms with Gasteiger partial charge in [-0.15, -0.1) is 23.2 Å². The topological polar surface area (TPSA) is 23.5 Å². The summed E-state index contributed by atoms with van der Waals surface area (Å²) in [5.74, 6) is 0.451. The van der Waals surface area contributed by atoms with Crippen molar-refractivity contribution in [2.45, 2.75) is 26.4 Å². The van der Waals surface area contributed by atoms with E-state index in [1.54, 1.807) is 0 Å². The Balaban J connectivity index is 0. The second-order valence-electron chi connectivity index (χ2n) is 2.86. The molecule has 0 rings (SSSR count). The van der Waals surface area contributed by atoms with Crippen LogP contribution < -0.4 is 0 Å². The van der Waals surface area contributed by atoms with Gasteiger partial charge >= 0.3 is 0 Å². The van der Waals surface area contributed by atoms with Crippen molar-refractivity contribution in [3.63, 3.8) is 0 Å². The molecule has 13 heavy (non-hydrogen) atoms. The zero-order valence-electron chi connectivity index (χ0n) is 8.76. The van der Waals surface area contributed by atoms with Crippen LogP contribution in [-0.2, 0) is 0 Å². The predicted octanol–water partition coefficient (Wildman–Crippen LogP) is 2.17. The number of hydrogen-bond acceptors (Lipinski definition) is 2. The van der Waals surface area contributed by atoms with Crippen molar-refractivity contribution in [1.82, 2.24) is 4.90 Å². The number of nitrogens with zero attached hydrogens (tertiary/aromatic N) is 1. The van der Waals surface area contributed by atoms with Gasteiger partial charge in [0, 0.05) is 11.8 Å². The Hall–Kier alpha value is 0.500. The van der Waals surface area contributed by atoms with Gasteiger partial charge in [-0.3, -0.25) is 0 Å². The van der Waals surface area contributed by atoms with Crippen LogP contribution in [0.4, 0.5) is 0 Å². The summed E-state index contributed by atoms with van der Waals surface area (Å²) >= 11 is 10.2. The first-order valence-electron chi connectivity index (χ1n) is 4.60. The number of rotatable bonds is 5. The van der Waals surface area contributed by atoms with Gasteiger partial charge in [0.15, 0.2) is 0 Å². The Kier molecular flexibility index (Phi) is 15.3. The first-order valence-corrected chi connectivity index (χ1v) is 5.67. The number of hydrogen-bond donors (Lipinski definition) is 1. The lowest BCUT2D eigenvalue weighted by Crippen LogP contribution is -2.17. The summed E-state index contributed by atoms with van der Waals surface area (Å²) in [6.07, 6.45) is 0.734. The molecule has 0 unspecified atom stereocenters. The monoisotopic (exact) mass is 229 g/mol. The highest BCUT2D eigenvalue weighted by atomic mass is 35.5. The number of aliphatic hydroxyl groups is 1. The van der Waals surface area contributed by atoms with Crippen LogP contribution in [-0.4, -0.2) is 48.0 Å². The fraction of sp³-hybridized carbons (Fsp3) is 1.00.